The standard InChI is InChI=1S/C17H26ClNO/c1-4-6-19-16(8-12(2)3)11-14-10-15(18)9-13-5-7-20-17(13)14/h9-10,12,16,19H,4-8,11H2,1-3H3. The highest BCUT2D eigenvalue weighted by atomic mass is 35.5. The lowest BCUT2D eigenvalue weighted by Crippen LogP contribution is -2.33. The summed E-state index contributed by atoms with van der Waals surface area (Å²) in [5.74, 6) is 1.78. The van der Waals surface area contributed by atoms with Crippen LogP contribution in [-0.4, -0.2) is 19.2 Å². The number of nitrogens with one attached hydrogen (secondary N) is 1. The molecule has 0 amide bonds. The Balaban J connectivity index is 2.13. The Morgan fingerprint density at radius 2 is 2.15 bits per heavy atom. The number of benzene rings is 1. The maximum atomic E-state index is 6.25. The van der Waals surface area contributed by atoms with Crippen molar-refractivity contribution in [1.29, 1.82) is 0 Å². The molecule has 0 saturated heterocycles. The lowest BCUT2D eigenvalue weighted by Gasteiger charge is -2.22. The maximum absolute atomic E-state index is 6.25. The van der Waals surface area contributed by atoms with Crippen molar-refractivity contribution in [3.8, 4) is 5.75 Å². The van der Waals surface area contributed by atoms with Gasteiger partial charge in [-0.15, -0.1) is 0 Å². The van der Waals surface area contributed by atoms with Crippen LogP contribution in [0.2, 0.25) is 5.02 Å². The maximum Gasteiger partial charge on any atom is 0.125 e. The second kappa shape index (κ2) is 7.33. The van der Waals surface area contributed by atoms with E-state index in [1.54, 1.807) is 0 Å². The highest BCUT2D eigenvalue weighted by molar-refractivity contribution is 6.30. The van der Waals surface area contributed by atoms with Gasteiger partial charge in [0, 0.05) is 17.5 Å². The van der Waals surface area contributed by atoms with Gasteiger partial charge in [0.05, 0.1) is 6.61 Å². The molecule has 2 nitrogen and oxygen atoms in total. The van der Waals surface area contributed by atoms with Gasteiger partial charge in [-0.05, 0) is 55.0 Å². The van der Waals surface area contributed by atoms with E-state index < -0.39 is 0 Å². The van der Waals surface area contributed by atoms with Gasteiger partial charge < -0.3 is 10.1 Å². The lowest BCUT2D eigenvalue weighted by atomic mass is 9.95. The van der Waals surface area contributed by atoms with Gasteiger partial charge in [0.1, 0.15) is 5.75 Å². The van der Waals surface area contributed by atoms with Crippen molar-refractivity contribution in [3.63, 3.8) is 0 Å². The van der Waals surface area contributed by atoms with Crippen LogP contribution in [0, 0.1) is 5.92 Å². The van der Waals surface area contributed by atoms with Crippen molar-refractivity contribution in [2.24, 2.45) is 5.92 Å². The Labute approximate surface area is 127 Å². The first-order valence-electron chi connectivity index (χ1n) is 7.77. The minimum absolute atomic E-state index is 0.502. The molecule has 1 aliphatic rings. The number of fused-ring (bicyclic) bond motifs is 1. The summed E-state index contributed by atoms with van der Waals surface area (Å²) < 4.78 is 5.81. The van der Waals surface area contributed by atoms with Gasteiger partial charge in [-0.1, -0.05) is 32.4 Å². The van der Waals surface area contributed by atoms with E-state index in [0.717, 1.165) is 36.8 Å². The summed E-state index contributed by atoms with van der Waals surface area (Å²) in [4.78, 5) is 0. The number of halogens is 1. The van der Waals surface area contributed by atoms with E-state index in [0.29, 0.717) is 12.0 Å². The third kappa shape index (κ3) is 4.13. The molecule has 0 aromatic heterocycles. The van der Waals surface area contributed by atoms with Crippen LogP contribution in [0.5, 0.6) is 5.75 Å². The first-order chi connectivity index (χ1) is 9.60. The minimum atomic E-state index is 0.502. The van der Waals surface area contributed by atoms with E-state index in [1.807, 2.05) is 6.07 Å². The summed E-state index contributed by atoms with van der Waals surface area (Å²) in [6.07, 6.45) is 4.33. The molecule has 2 rings (SSSR count). The van der Waals surface area contributed by atoms with Gasteiger partial charge in [0.15, 0.2) is 0 Å². The predicted molar refractivity (Wildman–Crippen MR) is 85.9 cm³/mol. The molecular weight excluding hydrogens is 270 g/mol. The smallest absolute Gasteiger partial charge is 0.125 e. The molecule has 20 heavy (non-hydrogen) atoms. The summed E-state index contributed by atoms with van der Waals surface area (Å²) in [5, 5.41) is 4.50. The van der Waals surface area contributed by atoms with Crippen molar-refractivity contribution in [2.45, 2.75) is 52.5 Å². The molecule has 112 valence electrons. The van der Waals surface area contributed by atoms with E-state index in [-0.39, 0.29) is 0 Å². The Morgan fingerprint density at radius 1 is 1.35 bits per heavy atom. The minimum Gasteiger partial charge on any atom is -0.493 e. The molecule has 3 heteroatoms. The first kappa shape index (κ1) is 15.7. The van der Waals surface area contributed by atoms with Crippen molar-refractivity contribution >= 4 is 11.6 Å². The largest absolute Gasteiger partial charge is 0.493 e. The van der Waals surface area contributed by atoms with Crippen LogP contribution < -0.4 is 10.1 Å². The van der Waals surface area contributed by atoms with E-state index in [1.165, 1.54) is 24.0 Å². The Morgan fingerprint density at radius 3 is 2.85 bits per heavy atom. The fourth-order valence-corrected chi connectivity index (χ4v) is 3.18. The van der Waals surface area contributed by atoms with E-state index in [4.69, 9.17) is 16.3 Å². The molecule has 0 fully saturated rings. The summed E-state index contributed by atoms with van der Waals surface area (Å²) >= 11 is 6.25. The zero-order valence-corrected chi connectivity index (χ0v) is 13.6. The SMILES string of the molecule is CCCNC(Cc1cc(Cl)cc2c1OCC2)CC(C)C. The molecular formula is C17H26ClNO. The van der Waals surface area contributed by atoms with Crippen LogP contribution in [0.1, 0.15) is 44.7 Å². The molecule has 1 aliphatic heterocycles. The topological polar surface area (TPSA) is 21.3 Å². The van der Waals surface area contributed by atoms with E-state index >= 15 is 0 Å². The van der Waals surface area contributed by atoms with Crippen molar-refractivity contribution in [1.82, 2.24) is 5.32 Å². The van der Waals surface area contributed by atoms with Gasteiger partial charge in [-0.3, -0.25) is 0 Å². The van der Waals surface area contributed by atoms with Gasteiger partial charge in [-0.25, -0.2) is 0 Å². The fraction of sp³-hybridized carbons (Fsp3) is 0.647. The summed E-state index contributed by atoms with van der Waals surface area (Å²) in [5.41, 5.74) is 2.53. The Hall–Kier alpha value is -0.730. The quantitative estimate of drug-likeness (QED) is 0.813. The summed E-state index contributed by atoms with van der Waals surface area (Å²) in [6, 6.07) is 4.62. The normalized spacial score (nSPS) is 15.2. The van der Waals surface area contributed by atoms with Crippen LogP contribution >= 0.6 is 11.6 Å². The van der Waals surface area contributed by atoms with E-state index in [9.17, 15) is 0 Å². The highest BCUT2D eigenvalue weighted by Crippen LogP contribution is 2.34. The molecule has 1 unspecified atom stereocenters. The van der Waals surface area contributed by atoms with Crippen molar-refractivity contribution in [3.05, 3.63) is 28.3 Å². The van der Waals surface area contributed by atoms with E-state index in [2.05, 4.69) is 32.2 Å². The molecule has 0 aliphatic carbocycles. The molecule has 1 aromatic rings. The average molecular weight is 296 g/mol. The van der Waals surface area contributed by atoms with Gasteiger partial charge >= 0.3 is 0 Å². The van der Waals surface area contributed by atoms with Crippen LogP contribution in [-0.2, 0) is 12.8 Å². The molecule has 0 bridgehead atoms. The van der Waals surface area contributed by atoms with Crippen molar-refractivity contribution in [2.75, 3.05) is 13.2 Å². The van der Waals surface area contributed by atoms with Gasteiger partial charge in [-0.2, -0.15) is 0 Å². The van der Waals surface area contributed by atoms with Crippen LogP contribution in [0.25, 0.3) is 0 Å². The summed E-state index contributed by atoms with van der Waals surface area (Å²) in [6.45, 7) is 8.62. The molecule has 0 saturated carbocycles. The molecule has 1 heterocycles. The predicted octanol–water partition coefficient (Wildman–Crippen LogP) is 4.23. The molecule has 0 radical (unpaired) electrons. The monoisotopic (exact) mass is 295 g/mol. The number of hydrogen-bond acceptors (Lipinski definition) is 2. The zero-order valence-electron chi connectivity index (χ0n) is 12.8. The van der Waals surface area contributed by atoms with Gasteiger partial charge in [0.2, 0.25) is 0 Å². The molecule has 1 aromatic carbocycles. The fourth-order valence-electron chi connectivity index (χ4n) is 2.92. The third-order valence-electron chi connectivity index (χ3n) is 3.73. The first-order valence-corrected chi connectivity index (χ1v) is 8.15. The Bertz CT molecular complexity index is 445. The van der Waals surface area contributed by atoms with Gasteiger partial charge in [0.25, 0.3) is 0 Å². The van der Waals surface area contributed by atoms with Crippen molar-refractivity contribution < 1.29 is 4.74 Å². The molecule has 0 spiro atoms. The van der Waals surface area contributed by atoms with Crippen LogP contribution in [0.15, 0.2) is 12.1 Å². The summed E-state index contributed by atoms with van der Waals surface area (Å²) in [7, 11) is 0. The zero-order chi connectivity index (χ0) is 14.5. The molecule has 1 N–H and O–H groups in total. The number of rotatable bonds is 7. The third-order valence-corrected chi connectivity index (χ3v) is 3.95. The second-order valence-corrected chi connectivity index (χ2v) is 6.57. The molecule has 1 atom stereocenters. The number of ether oxygens (including phenoxy) is 1. The van der Waals surface area contributed by atoms with Crippen LogP contribution in [0.4, 0.5) is 0 Å². The Kier molecular flexibility index (Phi) is 5.74. The average Bonchev–Trinajstić information content (AvgIpc) is 2.83. The highest BCUT2D eigenvalue weighted by Gasteiger charge is 2.20. The lowest BCUT2D eigenvalue weighted by molar-refractivity contribution is 0.348. The van der Waals surface area contributed by atoms with Crippen LogP contribution in [0.3, 0.4) is 0 Å². The second-order valence-electron chi connectivity index (χ2n) is 6.14. The number of hydrogen-bond donors (Lipinski definition) is 1.